The minimum Gasteiger partial charge on any atom is -0.370 e. The van der Waals surface area contributed by atoms with E-state index in [0.717, 1.165) is 24.1 Å². The Balaban J connectivity index is 0.00000392. The zero-order valence-corrected chi connectivity index (χ0v) is 19.4. The van der Waals surface area contributed by atoms with Crippen LogP contribution < -0.4 is 15.8 Å². The number of nitrogens with one attached hydrogen (secondary N) is 2. The Labute approximate surface area is 185 Å². The maximum Gasteiger partial charge on any atom is 0.216 e. The summed E-state index contributed by atoms with van der Waals surface area (Å²) in [6, 6.07) is 17.4. The van der Waals surface area contributed by atoms with Gasteiger partial charge < -0.3 is 11.1 Å². The molecule has 6 nitrogen and oxygen atoms in total. The van der Waals surface area contributed by atoms with E-state index in [1.807, 2.05) is 42.5 Å². The van der Waals surface area contributed by atoms with E-state index in [2.05, 4.69) is 27.2 Å². The Morgan fingerprint density at radius 2 is 1.61 bits per heavy atom. The lowest BCUT2D eigenvalue weighted by Gasteiger charge is -2.10. The summed E-state index contributed by atoms with van der Waals surface area (Å²) >= 11 is 0. The fraction of sp³-hybridized carbons (Fsp3) is 0.350. The molecule has 4 N–H and O–H groups in total. The number of nitrogens with two attached hydrogens (primary N) is 1. The third kappa shape index (κ3) is 9.52. The zero-order valence-electron chi connectivity index (χ0n) is 16.3. The Kier molecular flexibility index (Phi) is 10.5. The summed E-state index contributed by atoms with van der Waals surface area (Å²) in [5.41, 5.74) is 8.86. The van der Waals surface area contributed by atoms with Crippen LogP contribution in [0.2, 0.25) is 0 Å². The molecule has 0 aliphatic carbocycles. The highest BCUT2D eigenvalue weighted by molar-refractivity contribution is 14.0. The van der Waals surface area contributed by atoms with Crippen molar-refractivity contribution in [2.24, 2.45) is 10.7 Å². The van der Waals surface area contributed by atoms with E-state index >= 15 is 0 Å². The van der Waals surface area contributed by atoms with Crippen molar-refractivity contribution in [1.82, 2.24) is 10.0 Å². The van der Waals surface area contributed by atoms with Crippen molar-refractivity contribution < 1.29 is 8.42 Å². The molecule has 0 aromatic heterocycles. The Hall–Kier alpha value is -1.65. The van der Waals surface area contributed by atoms with Crippen LogP contribution >= 0.6 is 24.0 Å². The normalized spacial score (nSPS) is 11.9. The summed E-state index contributed by atoms with van der Waals surface area (Å²) in [5.74, 6) is 0.372. The number of hydrogen-bond acceptors (Lipinski definition) is 3. The van der Waals surface area contributed by atoms with E-state index in [4.69, 9.17) is 5.73 Å². The van der Waals surface area contributed by atoms with Gasteiger partial charge in [0.2, 0.25) is 10.0 Å². The van der Waals surface area contributed by atoms with Crippen LogP contribution in [0.5, 0.6) is 0 Å². The predicted molar refractivity (Wildman–Crippen MR) is 126 cm³/mol. The summed E-state index contributed by atoms with van der Waals surface area (Å²) in [5, 5.41) is 3.10. The molecule has 0 aliphatic rings. The number of aliphatic imine (C=N–C) groups is 1. The molecule has 0 bridgehead atoms. The van der Waals surface area contributed by atoms with Gasteiger partial charge in [-0.3, -0.25) is 0 Å². The molecular formula is C20H29IN4O2S. The lowest BCUT2D eigenvalue weighted by molar-refractivity contribution is 0.569. The van der Waals surface area contributed by atoms with Gasteiger partial charge in [0.25, 0.3) is 0 Å². The fourth-order valence-corrected chi connectivity index (χ4v) is 4.01. The highest BCUT2D eigenvalue weighted by Crippen LogP contribution is 2.09. The molecule has 0 radical (unpaired) electrons. The van der Waals surface area contributed by atoms with Crippen LogP contribution in [0.15, 0.2) is 59.6 Å². The molecule has 0 aliphatic heterocycles. The molecule has 8 heteroatoms. The standard InChI is InChI=1S/C20H28N4O2S.HI/c1-16(2)24-27(25,26)15-19-10-8-18(9-11-19)14-23-20(21)22-13-12-17-6-4-3-5-7-17;/h3-11,16,24H,12-15H2,1-2H3,(H3,21,22,23);1H. The fourth-order valence-electron chi connectivity index (χ4n) is 2.57. The first kappa shape index (κ1) is 24.4. The van der Waals surface area contributed by atoms with Crippen molar-refractivity contribution in [3.8, 4) is 0 Å². The van der Waals surface area contributed by atoms with Gasteiger partial charge in [-0.15, -0.1) is 24.0 Å². The number of guanidine groups is 1. The van der Waals surface area contributed by atoms with Gasteiger partial charge in [-0.2, -0.15) is 0 Å². The summed E-state index contributed by atoms with van der Waals surface area (Å²) in [6.45, 7) is 4.77. The summed E-state index contributed by atoms with van der Waals surface area (Å²) < 4.78 is 26.5. The van der Waals surface area contributed by atoms with Gasteiger partial charge in [0.1, 0.15) is 0 Å². The molecule has 0 saturated carbocycles. The Morgan fingerprint density at radius 1 is 1.00 bits per heavy atom. The van der Waals surface area contributed by atoms with Gasteiger partial charge in [-0.05, 0) is 37.0 Å². The average Bonchev–Trinajstić information content (AvgIpc) is 2.60. The van der Waals surface area contributed by atoms with Gasteiger partial charge in [0, 0.05) is 12.6 Å². The Bertz CT molecular complexity index is 838. The van der Waals surface area contributed by atoms with E-state index in [1.165, 1.54) is 5.56 Å². The first-order valence-electron chi connectivity index (χ1n) is 8.99. The van der Waals surface area contributed by atoms with Crippen LogP contribution in [0.1, 0.15) is 30.5 Å². The summed E-state index contributed by atoms with van der Waals surface area (Å²) in [6.07, 6.45) is 0.880. The second-order valence-corrected chi connectivity index (χ2v) is 8.47. The van der Waals surface area contributed by atoms with Crippen LogP contribution in [0.3, 0.4) is 0 Å². The van der Waals surface area contributed by atoms with E-state index in [0.29, 0.717) is 12.5 Å². The lowest BCUT2D eigenvalue weighted by Crippen LogP contribution is -2.33. The van der Waals surface area contributed by atoms with Crippen molar-refractivity contribution in [3.05, 3.63) is 71.3 Å². The van der Waals surface area contributed by atoms with Gasteiger partial charge in [0.15, 0.2) is 5.96 Å². The number of hydrogen-bond donors (Lipinski definition) is 3. The average molecular weight is 516 g/mol. The topological polar surface area (TPSA) is 96.6 Å². The highest BCUT2D eigenvalue weighted by atomic mass is 127. The molecule has 0 amide bonds. The van der Waals surface area contributed by atoms with Crippen molar-refractivity contribution in [1.29, 1.82) is 0 Å². The second-order valence-electron chi connectivity index (χ2n) is 6.71. The van der Waals surface area contributed by atoms with Crippen LogP contribution in [0.25, 0.3) is 0 Å². The van der Waals surface area contributed by atoms with Crippen molar-refractivity contribution in [3.63, 3.8) is 0 Å². The van der Waals surface area contributed by atoms with Gasteiger partial charge in [-0.25, -0.2) is 18.1 Å². The van der Waals surface area contributed by atoms with Crippen LogP contribution in [-0.2, 0) is 28.7 Å². The van der Waals surface area contributed by atoms with Crippen molar-refractivity contribution >= 4 is 40.0 Å². The minimum atomic E-state index is -3.31. The quantitative estimate of drug-likeness (QED) is 0.271. The predicted octanol–water partition coefficient (Wildman–Crippen LogP) is 2.78. The first-order valence-corrected chi connectivity index (χ1v) is 10.6. The molecule has 2 aromatic carbocycles. The Morgan fingerprint density at radius 3 is 2.21 bits per heavy atom. The number of sulfonamides is 1. The summed E-state index contributed by atoms with van der Waals surface area (Å²) in [7, 11) is -3.31. The molecule has 0 fully saturated rings. The van der Waals surface area contributed by atoms with Gasteiger partial charge in [0.05, 0.1) is 12.3 Å². The summed E-state index contributed by atoms with van der Waals surface area (Å²) in [4.78, 5) is 4.32. The maximum atomic E-state index is 12.0. The molecule has 154 valence electrons. The number of halogens is 1. The third-order valence-electron chi connectivity index (χ3n) is 3.79. The molecule has 0 atom stereocenters. The van der Waals surface area contributed by atoms with Crippen molar-refractivity contribution in [2.75, 3.05) is 6.54 Å². The highest BCUT2D eigenvalue weighted by Gasteiger charge is 2.12. The molecule has 0 unspecified atom stereocenters. The van der Waals surface area contributed by atoms with E-state index < -0.39 is 10.0 Å². The molecule has 28 heavy (non-hydrogen) atoms. The van der Waals surface area contributed by atoms with Crippen LogP contribution in [0, 0.1) is 0 Å². The molecule has 2 aromatic rings. The van der Waals surface area contributed by atoms with E-state index in [9.17, 15) is 8.42 Å². The molecule has 0 saturated heterocycles. The molecule has 2 rings (SSSR count). The van der Waals surface area contributed by atoms with Crippen molar-refractivity contribution in [2.45, 2.75) is 38.6 Å². The largest absolute Gasteiger partial charge is 0.370 e. The van der Waals surface area contributed by atoms with Crippen LogP contribution in [0.4, 0.5) is 0 Å². The maximum absolute atomic E-state index is 12.0. The minimum absolute atomic E-state index is 0. The monoisotopic (exact) mass is 516 g/mol. The van der Waals surface area contributed by atoms with E-state index in [1.54, 1.807) is 13.8 Å². The van der Waals surface area contributed by atoms with E-state index in [-0.39, 0.29) is 35.8 Å². The van der Waals surface area contributed by atoms with Gasteiger partial charge in [-0.1, -0.05) is 54.6 Å². The number of benzene rings is 2. The number of nitrogens with zero attached hydrogens (tertiary/aromatic N) is 1. The molecule has 0 heterocycles. The number of rotatable bonds is 9. The van der Waals surface area contributed by atoms with Crippen LogP contribution in [-0.4, -0.2) is 27.0 Å². The SMILES string of the molecule is CC(C)NS(=O)(=O)Cc1ccc(CN=C(N)NCCc2ccccc2)cc1.I. The first-order chi connectivity index (χ1) is 12.8. The smallest absolute Gasteiger partial charge is 0.216 e. The molecule has 0 spiro atoms. The zero-order chi connectivity index (χ0) is 19.7. The molecular weight excluding hydrogens is 487 g/mol. The second kappa shape index (κ2) is 12.0. The third-order valence-corrected chi connectivity index (χ3v) is 5.33. The van der Waals surface area contributed by atoms with Gasteiger partial charge >= 0.3 is 0 Å². The lowest BCUT2D eigenvalue weighted by atomic mass is 10.1.